The number of carbonyl (C=O) groups excluding carboxylic acids is 2. The second-order valence-electron chi connectivity index (χ2n) is 4.85. The van der Waals surface area contributed by atoms with Gasteiger partial charge in [-0.1, -0.05) is 24.3 Å². The summed E-state index contributed by atoms with van der Waals surface area (Å²) in [7, 11) is 1.36. The van der Waals surface area contributed by atoms with Crippen molar-refractivity contribution in [3.05, 3.63) is 70.3 Å². The number of hydrogen-bond donors (Lipinski definition) is 0. The molecule has 0 unspecified atom stereocenters. The molecule has 0 saturated carbocycles. The van der Waals surface area contributed by atoms with Crippen LogP contribution in [-0.2, 0) is 17.6 Å². The molecule has 0 fully saturated rings. The molecule has 0 aromatic heterocycles. The van der Waals surface area contributed by atoms with E-state index in [0.29, 0.717) is 11.1 Å². The number of methoxy groups -OCH3 is 1. The van der Waals surface area contributed by atoms with Gasteiger partial charge in [0.1, 0.15) is 0 Å². The van der Waals surface area contributed by atoms with E-state index in [2.05, 4.69) is 0 Å². The van der Waals surface area contributed by atoms with Crippen LogP contribution in [0.25, 0.3) is 0 Å². The van der Waals surface area contributed by atoms with Gasteiger partial charge < -0.3 is 4.74 Å². The van der Waals surface area contributed by atoms with Crippen molar-refractivity contribution in [2.45, 2.75) is 12.8 Å². The Balaban J connectivity index is 2.09. The molecule has 0 saturated heterocycles. The van der Waals surface area contributed by atoms with Gasteiger partial charge in [-0.25, -0.2) is 4.79 Å². The maximum Gasteiger partial charge on any atom is 0.337 e. The molecule has 2 aromatic rings. The predicted octanol–water partition coefficient (Wildman–Crippen LogP) is 2.80. The van der Waals surface area contributed by atoms with Gasteiger partial charge in [0.05, 0.1) is 12.7 Å². The molecule has 0 amide bonds. The van der Waals surface area contributed by atoms with Crippen molar-refractivity contribution in [1.29, 1.82) is 0 Å². The number of fused-ring (bicyclic) bond motifs is 2. The second-order valence-corrected chi connectivity index (χ2v) is 4.85. The standard InChI is InChI=1S/C17H14O3/c1-20-17(19)13-8-9-15-12(10-13)7-6-11-4-2-3-5-14(11)16(15)18/h2-5,8-10H,6-7H2,1H3. The van der Waals surface area contributed by atoms with Gasteiger partial charge >= 0.3 is 5.97 Å². The molecule has 0 atom stereocenters. The number of carbonyl (C=O) groups is 2. The lowest BCUT2D eigenvalue weighted by molar-refractivity contribution is 0.0600. The zero-order valence-electron chi connectivity index (χ0n) is 11.2. The maximum atomic E-state index is 12.6. The third-order valence-corrected chi connectivity index (χ3v) is 3.70. The van der Waals surface area contributed by atoms with E-state index in [1.807, 2.05) is 24.3 Å². The first-order valence-corrected chi connectivity index (χ1v) is 6.54. The summed E-state index contributed by atoms with van der Waals surface area (Å²) in [6.45, 7) is 0. The maximum absolute atomic E-state index is 12.6. The third kappa shape index (κ3) is 2.01. The minimum absolute atomic E-state index is 0.0320. The van der Waals surface area contributed by atoms with E-state index in [-0.39, 0.29) is 11.8 Å². The summed E-state index contributed by atoms with van der Waals surface area (Å²) in [6.07, 6.45) is 1.56. The zero-order chi connectivity index (χ0) is 14.1. The molecule has 0 aliphatic heterocycles. The highest BCUT2D eigenvalue weighted by molar-refractivity contribution is 6.11. The molecule has 0 spiro atoms. The lowest BCUT2D eigenvalue weighted by Gasteiger charge is -2.07. The lowest BCUT2D eigenvalue weighted by Crippen LogP contribution is -2.07. The van der Waals surface area contributed by atoms with Crippen LogP contribution in [0.2, 0.25) is 0 Å². The smallest absolute Gasteiger partial charge is 0.337 e. The summed E-state index contributed by atoms with van der Waals surface area (Å²) in [5.74, 6) is -0.341. The van der Waals surface area contributed by atoms with E-state index in [4.69, 9.17) is 4.74 Å². The van der Waals surface area contributed by atoms with Crippen LogP contribution >= 0.6 is 0 Å². The average molecular weight is 266 g/mol. The summed E-state index contributed by atoms with van der Waals surface area (Å²) < 4.78 is 4.72. The van der Waals surface area contributed by atoms with Crippen molar-refractivity contribution < 1.29 is 14.3 Å². The van der Waals surface area contributed by atoms with E-state index in [1.54, 1.807) is 18.2 Å². The monoisotopic (exact) mass is 266 g/mol. The molecule has 1 aliphatic rings. The van der Waals surface area contributed by atoms with Crippen LogP contribution < -0.4 is 0 Å². The fraction of sp³-hybridized carbons (Fsp3) is 0.176. The molecule has 1 aliphatic carbocycles. The van der Waals surface area contributed by atoms with Gasteiger partial charge in [-0.05, 0) is 42.2 Å². The molecule has 100 valence electrons. The molecular weight excluding hydrogens is 252 g/mol. The Morgan fingerprint density at radius 1 is 1.00 bits per heavy atom. The second kappa shape index (κ2) is 4.93. The predicted molar refractivity (Wildman–Crippen MR) is 75.1 cm³/mol. The van der Waals surface area contributed by atoms with Crippen LogP contribution in [0.5, 0.6) is 0 Å². The first-order chi connectivity index (χ1) is 9.70. The molecule has 3 heteroatoms. The van der Waals surface area contributed by atoms with E-state index in [9.17, 15) is 9.59 Å². The first kappa shape index (κ1) is 12.6. The summed E-state index contributed by atoms with van der Waals surface area (Å²) >= 11 is 0. The van der Waals surface area contributed by atoms with Crippen LogP contribution in [-0.4, -0.2) is 18.9 Å². The van der Waals surface area contributed by atoms with Gasteiger partial charge in [0, 0.05) is 11.1 Å². The normalized spacial score (nSPS) is 13.2. The van der Waals surface area contributed by atoms with Gasteiger partial charge in [-0.15, -0.1) is 0 Å². The fourth-order valence-electron chi connectivity index (χ4n) is 2.64. The molecule has 20 heavy (non-hydrogen) atoms. The van der Waals surface area contributed by atoms with Crippen LogP contribution in [0.15, 0.2) is 42.5 Å². The molecule has 0 radical (unpaired) electrons. The molecule has 3 rings (SSSR count). The number of ketones is 1. The van der Waals surface area contributed by atoms with Gasteiger partial charge in [0.25, 0.3) is 0 Å². The molecule has 3 nitrogen and oxygen atoms in total. The highest BCUT2D eigenvalue weighted by Gasteiger charge is 2.21. The summed E-state index contributed by atoms with van der Waals surface area (Å²) in [5.41, 5.74) is 3.91. The summed E-state index contributed by atoms with van der Waals surface area (Å²) in [4.78, 5) is 24.1. The largest absolute Gasteiger partial charge is 0.465 e. The number of aryl methyl sites for hydroxylation is 2. The Kier molecular flexibility index (Phi) is 3.11. The Hall–Kier alpha value is -2.42. The Bertz CT molecular complexity index is 701. The van der Waals surface area contributed by atoms with Crippen molar-refractivity contribution in [3.63, 3.8) is 0 Å². The fourth-order valence-corrected chi connectivity index (χ4v) is 2.64. The zero-order valence-corrected chi connectivity index (χ0v) is 11.2. The molecule has 2 aromatic carbocycles. The number of esters is 1. The number of ether oxygens (including phenoxy) is 1. The van der Waals surface area contributed by atoms with Crippen molar-refractivity contribution in [3.8, 4) is 0 Å². The summed E-state index contributed by atoms with van der Waals surface area (Å²) in [6, 6.07) is 12.8. The van der Waals surface area contributed by atoms with Crippen molar-refractivity contribution in [2.75, 3.05) is 7.11 Å². The van der Waals surface area contributed by atoms with Gasteiger partial charge in [-0.3, -0.25) is 4.79 Å². The van der Waals surface area contributed by atoms with Gasteiger partial charge in [0.15, 0.2) is 5.78 Å². The number of rotatable bonds is 1. The first-order valence-electron chi connectivity index (χ1n) is 6.54. The molecular formula is C17H14O3. The minimum Gasteiger partial charge on any atom is -0.465 e. The Morgan fingerprint density at radius 2 is 1.70 bits per heavy atom. The average Bonchev–Trinajstić information content (AvgIpc) is 2.64. The van der Waals surface area contributed by atoms with Crippen LogP contribution in [0.3, 0.4) is 0 Å². The van der Waals surface area contributed by atoms with Crippen molar-refractivity contribution >= 4 is 11.8 Å². The Morgan fingerprint density at radius 3 is 2.50 bits per heavy atom. The van der Waals surface area contributed by atoms with E-state index >= 15 is 0 Å². The van der Waals surface area contributed by atoms with Crippen molar-refractivity contribution in [2.24, 2.45) is 0 Å². The minimum atomic E-state index is -0.373. The van der Waals surface area contributed by atoms with Gasteiger partial charge in [-0.2, -0.15) is 0 Å². The van der Waals surface area contributed by atoms with Crippen LogP contribution in [0.4, 0.5) is 0 Å². The molecule has 0 heterocycles. The van der Waals surface area contributed by atoms with E-state index in [1.165, 1.54) is 7.11 Å². The third-order valence-electron chi connectivity index (χ3n) is 3.70. The SMILES string of the molecule is COC(=O)c1ccc2c(c1)CCc1ccccc1C2=O. The topological polar surface area (TPSA) is 43.4 Å². The van der Waals surface area contributed by atoms with E-state index in [0.717, 1.165) is 29.5 Å². The Labute approximate surface area is 117 Å². The highest BCUT2D eigenvalue weighted by atomic mass is 16.5. The van der Waals surface area contributed by atoms with Gasteiger partial charge in [0.2, 0.25) is 0 Å². The molecule has 0 bridgehead atoms. The van der Waals surface area contributed by atoms with E-state index < -0.39 is 0 Å². The van der Waals surface area contributed by atoms with Crippen molar-refractivity contribution in [1.82, 2.24) is 0 Å². The van der Waals surface area contributed by atoms with Crippen LogP contribution in [0.1, 0.15) is 37.4 Å². The summed E-state index contributed by atoms with van der Waals surface area (Å²) in [5, 5.41) is 0. The number of benzene rings is 2. The number of hydrogen-bond acceptors (Lipinski definition) is 3. The lowest BCUT2D eigenvalue weighted by atomic mass is 9.97. The quantitative estimate of drug-likeness (QED) is 0.745. The highest BCUT2D eigenvalue weighted by Crippen LogP contribution is 2.25. The molecule has 0 N–H and O–H groups in total. The van der Waals surface area contributed by atoms with Crippen LogP contribution in [0, 0.1) is 0 Å².